The molecule has 3 atom stereocenters. The summed E-state index contributed by atoms with van der Waals surface area (Å²) < 4.78 is 22.7. The molecule has 0 aliphatic rings. The fraction of sp³-hybridized carbons (Fsp3) is 0.960. The van der Waals surface area contributed by atoms with Gasteiger partial charge < -0.3 is 28.8 Å². The van der Waals surface area contributed by atoms with Crippen LogP contribution in [-0.4, -0.2) is 68.5 Å². The van der Waals surface area contributed by atoms with Gasteiger partial charge in [0, 0.05) is 6.42 Å². The summed E-state index contributed by atoms with van der Waals surface area (Å²) in [5.41, 5.74) is 0. The van der Waals surface area contributed by atoms with Crippen LogP contribution in [0, 0.1) is 0 Å². The minimum Gasteiger partial charge on any atom is -0.756 e. The van der Waals surface area contributed by atoms with Crippen LogP contribution in [0.5, 0.6) is 0 Å². The van der Waals surface area contributed by atoms with Gasteiger partial charge in [-0.1, -0.05) is 84.5 Å². The second-order valence-electron chi connectivity index (χ2n) is 10.4. The molecule has 0 saturated heterocycles. The third-order valence-electron chi connectivity index (χ3n) is 5.85. The first-order chi connectivity index (χ1) is 16.0. The van der Waals surface area contributed by atoms with E-state index in [1.807, 2.05) is 28.1 Å². The van der Waals surface area contributed by atoms with Crippen molar-refractivity contribution in [2.45, 2.75) is 116 Å². The number of aliphatic hydroxyl groups is 1. The van der Waals surface area contributed by atoms with Crippen LogP contribution in [0.25, 0.3) is 0 Å². The minimum absolute atomic E-state index is 0.0129. The van der Waals surface area contributed by atoms with Crippen molar-refractivity contribution in [3.05, 3.63) is 0 Å². The van der Waals surface area contributed by atoms with Gasteiger partial charge in [0.15, 0.2) is 0 Å². The molecule has 0 rings (SSSR count). The molecule has 2 N–H and O–H groups in total. The summed E-state index contributed by atoms with van der Waals surface area (Å²) >= 11 is 0. The Hall–Kier alpha value is -0.500. The quantitative estimate of drug-likeness (QED) is 0.119. The molecule has 204 valence electrons. The highest BCUT2D eigenvalue weighted by molar-refractivity contribution is 7.45. The Bertz CT molecular complexity index is 556. The van der Waals surface area contributed by atoms with Gasteiger partial charge in [-0.3, -0.25) is 9.36 Å². The van der Waals surface area contributed by atoms with Gasteiger partial charge in [0.2, 0.25) is 5.91 Å². The standard InChI is InChI=1S/C25H53N2O6P/c1-6-8-10-11-12-13-14-15-16-17-18-24(28)23(26-25(29)19-9-7-2)22-33-34(30,31)32-21-20-27(3,4)5/h23-24,28H,6-22H2,1-5H3,(H-,26,29,30,31). The predicted molar refractivity (Wildman–Crippen MR) is 136 cm³/mol. The molecule has 9 heteroatoms. The maximum atomic E-state index is 12.2. The van der Waals surface area contributed by atoms with E-state index in [9.17, 15) is 19.4 Å². The second-order valence-corrected chi connectivity index (χ2v) is 11.8. The largest absolute Gasteiger partial charge is 0.756 e. The molecule has 8 nitrogen and oxygen atoms in total. The Balaban J connectivity index is 4.46. The maximum Gasteiger partial charge on any atom is 0.268 e. The van der Waals surface area contributed by atoms with Crippen LogP contribution < -0.4 is 10.2 Å². The number of amides is 1. The van der Waals surface area contributed by atoms with Crippen LogP contribution in [0.4, 0.5) is 0 Å². The highest BCUT2D eigenvalue weighted by Crippen LogP contribution is 2.38. The summed E-state index contributed by atoms with van der Waals surface area (Å²) in [7, 11) is 1.29. The molecular weight excluding hydrogens is 455 g/mol. The van der Waals surface area contributed by atoms with Crippen LogP contribution in [-0.2, 0) is 18.4 Å². The summed E-state index contributed by atoms with van der Waals surface area (Å²) in [6, 6.07) is -0.785. The Labute approximate surface area is 209 Å². The fourth-order valence-electron chi connectivity index (χ4n) is 3.54. The summed E-state index contributed by atoms with van der Waals surface area (Å²) in [5.74, 6) is -0.204. The van der Waals surface area contributed by atoms with Crippen LogP contribution in [0.3, 0.4) is 0 Å². The zero-order valence-corrected chi connectivity index (χ0v) is 23.5. The Morgan fingerprint density at radius 3 is 1.97 bits per heavy atom. The number of hydrogen-bond donors (Lipinski definition) is 2. The number of phosphoric acid groups is 1. The molecule has 0 aromatic heterocycles. The third kappa shape index (κ3) is 20.8. The van der Waals surface area contributed by atoms with Gasteiger partial charge in [-0.15, -0.1) is 0 Å². The Morgan fingerprint density at radius 1 is 0.912 bits per heavy atom. The van der Waals surface area contributed by atoms with Crippen molar-refractivity contribution in [3.8, 4) is 0 Å². The molecule has 0 bridgehead atoms. The Morgan fingerprint density at radius 2 is 1.44 bits per heavy atom. The number of quaternary nitrogens is 1. The van der Waals surface area contributed by atoms with E-state index in [1.165, 1.54) is 44.9 Å². The van der Waals surface area contributed by atoms with E-state index >= 15 is 0 Å². The predicted octanol–water partition coefficient (Wildman–Crippen LogP) is 4.54. The van der Waals surface area contributed by atoms with Gasteiger partial charge in [-0.25, -0.2) is 0 Å². The molecule has 34 heavy (non-hydrogen) atoms. The van der Waals surface area contributed by atoms with Crippen molar-refractivity contribution >= 4 is 13.7 Å². The van der Waals surface area contributed by atoms with Crippen molar-refractivity contribution in [2.24, 2.45) is 0 Å². The molecule has 1 amide bonds. The highest BCUT2D eigenvalue weighted by atomic mass is 31.2. The van der Waals surface area contributed by atoms with E-state index in [0.717, 1.165) is 32.1 Å². The molecule has 0 aliphatic carbocycles. The molecule has 0 fully saturated rings. The normalized spacial score (nSPS) is 15.6. The van der Waals surface area contributed by atoms with Gasteiger partial charge in [-0.05, 0) is 12.8 Å². The van der Waals surface area contributed by atoms with Gasteiger partial charge in [-0.2, -0.15) is 0 Å². The molecule has 0 aliphatic heterocycles. The molecule has 0 radical (unpaired) electrons. The zero-order chi connectivity index (χ0) is 25.9. The average Bonchev–Trinajstić information content (AvgIpc) is 2.75. The van der Waals surface area contributed by atoms with Crippen LogP contribution in [0.1, 0.15) is 104 Å². The smallest absolute Gasteiger partial charge is 0.268 e. The average molecular weight is 509 g/mol. The van der Waals surface area contributed by atoms with Crippen molar-refractivity contribution in [3.63, 3.8) is 0 Å². The van der Waals surface area contributed by atoms with Crippen LogP contribution in [0.15, 0.2) is 0 Å². The highest BCUT2D eigenvalue weighted by Gasteiger charge is 2.24. The summed E-state index contributed by atoms with van der Waals surface area (Å²) in [4.78, 5) is 24.3. The number of nitrogens with one attached hydrogen (secondary N) is 1. The van der Waals surface area contributed by atoms with E-state index in [4.69, 9.17) is 9.05 Å². The lowest BCUT2D eigenvalue weighted by Gasteiger charge is -2.30. The number of phosphoric ester groups is 1. The minimum atomic E-state index is -4.51. The third-order valence-corrected chi connectivity index (χ3v) is 6.81. The van der Waals surface area contributed by atoms with Crippen molar-refractivity contribution in [2.75, 3.05) is 40.9 Å². The van der Waals surface area contributed by atoms with Gasteiger partial charge in [0.1, 0.15) is 13.2 Å². The number of aliphatic hydroxyl groups excluding tert-OH is 1. The van der Waals surface area contributed by atoms with Crippen LogP contribution in [0.2, 0.25) is 0 Å². The number of unbranched alkanes of at least 4 members (excludes halogenated alkanes) is 10. The number of rotatable bonds is 23. The van der Waals surface area contributed by atoms with Crippen molar-refractivity contribution in [1.82, 2.24) is 5.32 Å². The second kappa shape index (κ2) is 19.7. The van der Waals surface area contributed by atoms with Gasteiger partial charge in [0.25, 0.3) is 7.82 Å². The van der Waals surface area contributed by atoms with E-state index in [2.05, 4.69) is 12.2 Å². The van der Waals surface area contributed by atoms with E-state index in [0.29, 0.717) is 23.9 Å². The monoisotopic (exact) mass is 508 g/mol. The first-order valence-corrected chi connectivity index (χ1v) is 14.8. The van der Waals surface area contributed by atoms with E-state index < -0.39 is 20.0 Å². The molecule has 0 aromatic rings. The zero-order valence-electron chi connectivity index (χ0n) is 22.6. The number of nitrogens with zero attached hydrogens (tertiary/aromatic N) is 1. The number of carbonyl (C=O) groups excluding carboxylic acids is 1. The first kappa shape index (κ1) is 33.5. The molecule has 0 aromatic carbocycles. The molecule has 0 heterocycles. The lowest BCUT2D eigenvalue weighted by molar-refractivity contribution is -0.870. The molecule has 3 unspecified atom stereocenters. The Kier molecular flexibility index (Phi) is 19.4. The van der Waals surface area contributed by atoms with E-state index in [1.54, 1.807) is 0 Å². The number of carbonyl (C=O) groups is 1. The maximum absolute atomic E-state index is 12.2. The van der Waals surface area contributed by atoms with Gasteiger partial charge >= 0.3 is 0 Å². The van der Waals surface area contributed by atoms with Crippen molar-refractivity contribution in [1.29, 1.82) is 0 Å². The topological polar surface area (TPSA) is 108 Å². The summed E-state index contributed by atoms with van der Waals surface area (Å²) in [5, 5.41) is 13.4. The van der Waals surface area contributed by atoms with Gasteiger partial charge in [0.05, 0.1) is 39.9 Å². The fourth-order valence-corrected chi connectivity index (χ4v) is 4.27. The number of hydrogen-bond acceptors (Lipinski definition) is 6. The molecular formula is C25H53N2O6P. The van der Waals surface area contributed by atoms with Crippen molar-refractivity contribution < 1.29 is 32.9 Å². The first-order valence-electron chi connectivity index (χ1n) is 13.4. The molecule has 0 spiro atoms. The van der Waals surface area contributed by atoms with Crippen LogP contribution >= 0.6 is 7.82 Å². The lowest BCUT2D eigenvalue weighted by Crippen LogP contribution is -2.46. The molecule has 0 saturated carbocycles. The van der Waals surface area contributed by atoms with E-state index in [-0.39, 0.29) is 19.1 Å². The lowest BCUT2D eigenvalue weighted by atomic mass is 10.0. The number of likely N-dealkylation sites (N-methyl/N-ethyl adjacent to an activating group) is 1. The summed E-state index contributed by atoms with van der Waals surface area (Å²) in [6.45, 7) is 4.41. The SMILES string of the molecule is CCCCCCCCCCCCC(O)C(COP(=O)([O-])OCC[N+](C)(C)C)NC(=O)CCCC. The summed E-state index contributed by atoms with van der Waals surface area (Å²) in [6.07, 6.45) is 13.5.